The van der Waals surface area contributed by atoms with Gasteiger partial charge in [0.25, 0.3) is 0 Å². The smallest absolute Gasteiger partial charge is 0.419 e. The number of ether oxygens (including phenoxy) is 1. The Hall–Kier alpha value is -3.43. The predicted octanol–water partition coefficient (Wildman–Crippen LogP) is 4.98. The fourth-order valence-corrected chi connectivity index (χ4v) is 3.25. The summed E-state index contributed by atoms with van der Waals surface area (Å²) < 4.78 is 44.4. The van der Waals surface area contributed by atoms with Crippen molar-refractivity contribution in [1.82, 2.24) is 19.7 Å². The Balaban J connectivity index is 1.83. The van der Waals surface area contributed by atoms with E-state index in [9.17, 15) is 18.0 Å². The Bertz CT molecular complexity index is 1080. The minimum atomic E-state index is -4.46. The molecule has 0 aromatic carbocycles. The van der Waals surface area contributed by atoms with Crippen LogP contribution in [-0.2, 0) is 10.9 Å². The molecule has 0 saturated carbocycles. The van der Waals surface area contributed by atoms with Crippen LogP contribution < -0.4 is 5.32 Å². The Labute approximate surface area is 183 Å². The minimum Gasteiger partial charge on any atom is -0.465 e. The van der Waals surface area contributed by atoms with Gasteiger partial charge in [-0.2, -0.15) is 18.3 Å². The van der Waals surface area contributed by atoms with Gasteiger partial charge in [0.2, 0.25) is 0 Å². The van der Waals surface area contributed by atoms with Crippen LogP contribution in [0.1, 0.15) is 53.5 Å². The molecule has 1 atom stereocenters. The number of nitrogens with zero attached hydrogens (tertiary/aromatic N) is 4. The number of methoxy groups -OCH3 is 1. The van der Waals surface area contributed by atoms with E-state index in [4.69, 9.17) is 4.74 Å². The van der Waals surface area contributed by atoms with E-state index in [0.29, 0.717) is 28.6 Å². The highest BCUT2D eigenvalue weighted by Crippen LogP contribution is 2.30. The lowest BCUT2D eigenvalue weighted by molar-refractivity contribution is -0.137. The predicted molar refractivity (Wildman–Crippen MR) is 112 cm³/mol. The molecule has 0 amide bonds. The highest BCUT2D eigenvalue weighted by molar-refractivity contribution is 5.88. The van der Waals surface area contributed by atoms with Gasteiger partial charge in [-0.05, 0) is 43.0 Å². The average molecular weight is 447 g/mol. The fourth-order valence-electron chi connectivity index (χ4n) is 3.25. The number of pyridine rings is 2. The van der Waals surface area contributed by atoms with Crippen molar-refractivity contribution in [1.29, 1.82) is 0 Å². The molecule has 3 aromatic rings. The van der Waals surface area contributed by atoms with Crippen molar-refractivity contribution in [2.75, 3.05) is 12.4 Å². The molecule has 0 aliphatic carbocycles. The number of aromatic nitrogens is 4. The average Bonchev–Trinajstić information content (AvgIpc) is 3.23. The van der Waals surface area contributed by atoms with Gasteiger partial charge >= 0.3 is 12.1 Å². The molecule has 0 fully saturated rings. The van der Waals surface area contributed by atoms with E-state index in [1.807, 2.05) is 0 Å². The number of alkyl halides is 3. The second kappa shape index (κ2) is 9.37. The largest absolute Gasteiger partial charge is 0.465 e. The van der Waals surface area contributed by atoms with E-state index in [0.717, 1.165) is 29.2 Å². The summed E-state index contributed by atoms with van der Waals surface area (Å²) in [5.74, 6) is 0.208. The number of anilines is 1. The normalized spacial score (nSPS) is 12.6. The molecule has 7 nitrogen and oxygen atoms in total. The third kappa shape index (κ3) is 5.43. The third-order valence-corrected chi connectivity index (χ3v) is 4.79. The number of nitrogens with one attached hydrogen (secondary N) is 1. The number of rotatable bonds is 7. The Morgan fingerprint density at radius 1 is 1.19 bits per heavy atom. The van der Waals surface area contributed by atoms with Crippen molar-refractivity contribution in [2.45, 2.75) is 39.4 Å². The van der Waals surface area contributed by atoms with Crippen LogP contribution in [0.4, 0.5) is 18.9 Å². The lowest BCUT2D eigenvalue weighted by Gasteiger charge is -2.22. The number of halogens is 3. The van der Waals surface area contributed by atoms with Crippen molar-refractivity contribution in [3.05, 3.63) is 65.4 Å². The third-order valence-electron chi connectivity index (χ3n) is 4.79. The lowest BCUT2D eigenvalue weighted by atomic mass is 10.00. The van der Waals surface area contributed by atoms with Crippen LogP contribution in [-0.4, -0.2) is 32.8 Å². The summed E-state index contributed by atoms with van der Waals surface area (Å²) >= 11 is 0. The maximum atomic E-state index is 12.9. The molecule has 0 bridgehead atoms. The van der Waals surface area contributed by atoms with E-state index in [-0.39, 0.29) is 6.04 Å². The van der Waals surface area contributed by atoms with E-state index in [1.165, 1.54) is 13.3 Å². The second-order valence-corrected chi connectivity index (χ2v) is 7.83. The van der Waals surface area contributed by atoms with E-state index >= 15 is 0 Å². The van der Waals surface area contributed by atoms with E-state index in [1.54, 1.807) is 31.3 Å². The summed E-state index contributed by atoms with van der Waals surface area (Å²) in [7, 11) is 1.31. The summed E-state index contributed by atoms with van der Waals surface area (Å²) in [6, 6.07) is 5.07. The second-order valence-electron chi connectivity index (χ2n) is 7.83. The number of hydrogen-bond donors (Lipinski definition) is 1. The SMILES string of the molecule is COC(=O)c1ccc(C(CC(C)C)Nc2cnc(-n3cc(C(F)(F)F)cn3)c(C)c2)nc1. The molecule has 0 aliphatic heterocycles. The maximum Gasteiger partial charge on any atom is 0.419 e. The highest BCUT2D eigenvalue weighted by atomic mass is 19.4. The van der Waals surface area contributed by atoms with Gasteiger partial charge in [0.1, 0.15) is 0 Å². The summed E-state index contributed by atoms with van der Waals surface area (Å²) in [6.07, 6.45) is 1.01. The molecule has 10 heteroatoms. The van der Waals surface area contributed by atoms with Gasteiger partial charge < -0.3 is 10.1 Å². The molecule has 3 aromatic heterocycles. The van der Waals surface area contributed by atoms with Crippen LogP contribution >= 0.6 is 0 Å². The summed E-state index contributed by atoms with van der Waals surface area (Å²) in [4.78, 5) is 20.4. The molecule has 1 unspecified atom stereocenters. The zero-order valence-electron chi connectivity index (χ0n) is 18.1. The lowest BCUT2D eigenvalue weighted by Crippen LogP contribution is -2.16. The van der Waals surface area contributed by atoms with Crippen molar-refractivity contribution in [3.8, 4) is 5.82 Å². The number of carbonyl (C=O) groups is 1. The quantitative estimate of drug-likeness (QED) is 0.515. The first-order valence-electron chi connectivity index (χ1n) is 9.98. The molecular formula is C22H24F3N5O2. The molecule has 0 saturated heterocycles. The molecule has 0 spiro atoms. The van der Waals surface area contributed by atoms with Crippen LogP contribution in [0.2, 0.25) is 0 Å². The van der Waals surface area contributed by atoms with Gasteiger partial charge in [-0.25, -0.2) is 14.5 Å². The highest BCUT2D eigenvalue weighted by Gasteiger charge is 2.32. The number of hydrogen-bond acceptors (Lipinski definition) is 6. The van der Waals surface area contributed by atoms with Gasteiger partial charge in [0.15, 0.2) is 5.82 Å². The Morgan fingerprint density at radius 3 is 2.47 bits per heavy atom. The van der Waals surface area contributed by atoms with Crippen LogP contribution in [0.5, 0.6) is 0 Å². The Kier molecular flexibility index (Phi) is 6.81. The van der Waals surface area contributed by atoms with Crippen LogP contribution in [0.15, 0.2) is 43.0 Å². The van der Waals surface area contributed by atoms with Gasteiger partial charge in [0, 0.05) is 12.4 Å². The minimum absolute atomic E-state index is 0.157. The molecule has 170 valence electrons. The molecule has 32 heavy (non-hydrogen) atoms. The van der Waals surface area contributed by atoms with Crippen molar-refractivity contribution >= 4 is 11.7 Å². The van der Waals surface area contributed by atoms with Gasteiger partial charge in [-0.1, -0.05) is 13.8 Å². The van der Waals surface area contributed by atoms with Crippen molar-refractivity contribution < 1.29 is 22.7 Å². The molecular weight excluding hydrogens is 423 g/mol. The summed E-state index contributed by atoms with van der Waals surface area (Å²) in [6.45, 7) is 5.92. The number of aryl methyl sites for hydroxylation is 1. The van der Waals surface area contributed by atoms with Gasteiger partial charge in [-0.3, -0.25) is 4.98 Å². The fraction of sp³-hybridized carbons (Fsp3) is 0.364. The van der Waals surface area contributed by atoms with Crippen LogP contribution in [0.25, 0.3) is 5.82 Å². The van der Waals surface area contributed by atoms with Gasteiger partial charge in [-0.15, -0.1) is 0 Å². The molecule has 0 aliphatic rings. The number of carbonyl (C=O) groups excluding carboxylic acids is 1. The molecule has 1 N–H and O–H groups in total. The standard InChI is InChI=1S/C22H24F3N5O2/c1-13(2)7-19(18-6-5-15(9-26-18)21(31)32-4)29-17-8-14(3)20(27-11-17)30-12-16(10-28-30)22(23,24)25/h5-6,8-13,19,29H,7H2,1-4H3. The first-order chi connectivity index (χ1) is 15.1. The van der Waals surface area contributed by atoms with Crippen molar-refractivity contribution in [3.63, 3.8) is 0 Å². The van der Waals surface area contributed by atoms with Crippen LogP contribution in [0.3, 0.4) is 0 Å². The monoisotopic (exact) mass is 447 g/mol. The van der Waals surface area contributed by atoms with Gasteiger partial charge in [0.05, 0.1) is 48.1 Å². The summed E-state index contributed by atoms with van der Waals surface area (Å²) in [5, 5.41) is 7.17. The zero-order chi connectivity index (χ0) is 23.5. The molecule has 0 radical (unpaired) electrons. The van der Waals surface area contributed by atoms with Crippen molar-refractivity contribution in [2.24, 2.45) is 5.92 Å². The number of esters is 1. The first-order valence-corrected chi connectivity index (χ1v) is 9.98. The van der Waals surface area contributed by atoms with E-state index in [2.05, 4.69) is 34.2 Å². The Morgan fingerprint density at radius 2 is 1.94 bits per heavy atom. The first kappa shape index (κ1) is 23.2. The van der Waals surface area contributed by atoms with E-state index < -0.39 is 17.7 Å². The topological polar surface area (TPSA) is 81.9 Å². The summed E-state index contributed by atoms with van der Waals surface area (Å²) in [5.41, 5.74) is 1.62. The zero-order valence-corrected chi connectivity index (χ0v) is 18.1. The molecule has 3 heterocycles. The molecule has 3 rings (SSSR count). The maximum absolute atomic E-state index is 12.9. The van der Waals surface area contributed by atoms with Crippen LogP contribution in [0, 0.1) is 12.8 Å².